The van der Waals surface area contributed by atoms with Gasteiger partial charge in [0.05, 0.1) is 0 Å². The van der Waals surface area contributed by atoms with Crippen molar-refractivity contribution < 1.29 is 9.59 Å². The number of rotatable bonds is 4. The number of carbonyl (C=O) groups excluding carboxylic acids is 2. The summed E-state index contributed by atoms with van der Waals surface area (Å²) in [6.45, 7) is 6.79. The molecular formula is C19H27N3O2. The van der Waals surface area contributed by atoms with Gasteiger partial charge in [0.1, 0.15) is 5.54 Å². The van der Waals surface area contributed by atoms with Gasteiger partial charge >= 0.3 is 6.03 Å². The van der Waals surface area contributed by atoms with Crippen molar-refractivity contribution in [2.45, 2.75) is 38.8 Å². The van der Waals surface area contributed by atoms with Crippen LogP contribution in [0.5, 0.6) is 0 Å². The monoisotopic (exact) mass is 329 g/mol. The van der Waals surface area contributed by atoms with E-state index in [1.807, 2.05) is 49.1 Å². The van der Waals surface area contributed by atoms with E-state index in [1.54, 1.807) is 0 Å². The number of urea groups is 1. The van der Waals surface area contributed by atoms with Crippen LogP contribution in [-0.4, -0.2) is 58.9 Å². The van der Waals surface area contributed by atoms with Gasteiger partial charge in [-0.15, -0.1) is 0 Å². The highest BCUT2D eigenvalue weighted by atomic mass is 16.2. The van der Waals surface area contributed by atoms with Crippen molar-refractivity contribution in [1.29, 1.82) is 0 Å². The molecule has 3 amide bonds. The Morgan fingerprint density at radius 1 is 1.08 bits per heavy atom. The third-order valence-electron chi connectivity index (χ3n) is 5.17. The lowest BCUT2D eigenvalue weighted by Gasteiger charge is -2.41. The van der Waals surface area contributed by atoms with Gasteiger partial charge in [0.15, 0.2) is 0 Å². The van der Waals surface area contributed by atoms with Crippen LogP contribution in [0.25, 0.3) is 0 Å². The molecule has 5 nitrogen and oxygen atoms in total. The summed E-state index contributed by atoms with van der Waals surface area (Å²) >= 11 is 0. The summed E-state index contributed by atoms with van der Waals surface area (Å²) in [5.41, 5.74) is 0.414. The van der Waals surface area contributed by atoms with E-state index >= 15 is 0 Å². The number of benzene rings is 1. The van der Waals surface area contributed by atoms with E-state index in [0.717, 1.165) is 31.5 Å². The Kier molecular flexibility index (Phi) is 4.63. The lowest BCUT2D eigenvalue weighted by atomic mass is 9.85. The Labute approximate surface area is 144 Å². The molecule has 1 aromatic carbocycles. The first-order valence-electron chi connectivity index (χ1n) is 8.80. The lowest BCUT2D eigenvalue weighted by molar-refractivity contribution is -0.136. The molecule has 130 valence electrons. The predicted molar refractivity (Wildman–Crippen MR) is 93.4 cm³/mol. The predicted octanol–water partition coefficient (Wildman–Crippen LogP) is 2.57. The zero-order valence-corrected chi connectivity index (χ0v) is 14.9. The topological polar surface area (TPSA) is 43.9 Å². The number of imide groups is 1. The molecule has 5 heteroatoms. The highest BCUT2D eigenvalue weighted by Crippen LogP contribution is 2.38. The molecule has 0 unspecified atom stereocenters. The smallest absolute Gasteiger partial charge is 0.306 e. The summed E-state index contributed by atoms with van der Waals surface area (Å²) in [6.07, 6.45) is 1.44. The first-order chi connectivity index (χ1) is 11.4. The van der Waals surface area contributed by atoms with Crippen molar-refractivity contribution in [1.82, 2.24) is 14.7 Å². The summed E-state index contributed by atoms with van der Waals surface area (Å²) in [7, 11) is 2.07. The van der Waals surface area contributed by atoms with Crippen molar-refractivity contribution in [3.05, 3.63) is 35.9 Å². The van der Waals surface area contributed by atoms with Gasteiger partial charge in [-0.25, -0.2) is 4.79 Å². The molecule has 3 rings (SSSR count). The van der Waals surface area contributed by atoms with Crippen molar-refractivity contribution >= 4 is 11.9 Å². The normalized spacial score (nSPS) is 21.3. The van der Waals surface area contributed by atoms with E-state index in [2.05, 4.69) is 11.9 Å². The lowest BCUT2D eigenvalue weighted by Crippen LogP contribution is -2.55. The van der Waals surface area contributed by atoms with Gasteiger partial charge in [0.2, 0.25) is 0 Å². The maximum atomic E-state index is 13.2. The van der Waals surface area contributed by atoms with E-state index in [-0.39, 0.29) is 17.9 Å². The van der Waals surface area contributed by atoms with Gasteiger partial charge < -0.3 is 9.80 Å². The minimum absolute atomic E-state index is 0.00484. The molecule has 2 aliphatic heterocycles. The third-order valence-corrected chi connectivity index (χ3v) is 5.17. The summed E-state index contributed by atoms with van der Waals surface area (Å²) in [5.74, 6) is 0.281. The first kappa shape index (κ1) is 17.0. The standard InChI is InChI=1S/C19H27N3O2/c1-15(2)13-21-17(23)19(9-11-20(3)12-10-19)22(18(21)24)14-16-7-5-4-6-8-16/h4-8,15H,9-14H2,1-3H3. The number of carbonyl (C=O) groups is 2. The van der Waals surface area contributed by atoms with E-state index in [1.165, 1.54) is 4.90 Å². The van der Waals surface area contributed by atoms with E-state index in [4.69, 9.17) is 0 Å². The molecule has 0 aromatic heterocycles. The van der Waals surface area contributed by atoms with E-state index < -0.39 is 5.54 Å². The molecule has 2 heterocycles. The molecule has 2 aliphatic rings. The summed E-state index contributed by atoms with van der Waals surface area (Å²) < 4.78 is 0. The fourth-order valence-corrected chi connectivity index (χ4v) is 3.77. The molecule has 0 bridgehead atoms. The Balaban J connectivity index is 1.92. The van der Waals surface area contributed by atoms with E-state index in [0.29, 0.717) is 13.1 Å². The van der Waals surface area contributed by atoms with Crippen molar-refractivity contribution in [2.24, 2.45) is 5.92 Å². The molecule has 0 radical (unpaired) electrons. The van der Waals surface area contributed by atoms with Crippen LogP contribution in [0.3, 0.4) is 0 Å². The molecule has 0 aliphatic carbocycles. The minimum Gasteiger partial charge on any atom is -0.306 e. The second-order valence-electron chi connectivity index (χ2n) is 7.50. The van der Waals surface area contributed by atoms with Gasteiger partial charge in [-0.2, -0.15) is 0 Å². The largest absolute Gasteiger partial charge is 0.327 e. The molecule has 1 spiro atoms. The Hall–Kier alpha value is -1.88. The van der Waals surface area contributed by atoms with Gasteiger partial charge in [-0.05, 0) is 31.4 Å². The van der Waals surface area contributed by atoms with Crippen LogP contribution in [0.2, 0.25) is 0 Å². The fourth-order valence-electron chi connectivity index (χ4n) is 3.77. The van der Waals surface area contributed by atoms with Gasteiger partial charge in [-0.3, -0.25) is 9.69 Å². The number of hydrogen-bond acceptors (Lipinski definition) is 3. The number of nitrogens with zero attached hydrogens (tertiary/aromatic N) is 3. The van der Waals surface area contributed by atoms with Crippen LogP contribution in [0, 0.1) is 5.92 Å². The SMILES string of the molecule is CC(C)CN1C(=O)N(Cc2ccccc2)C2(CCN(C)CC2)C1=O. The van der Waals surface area contributed by atoms with Gasteiger partial charge in [0.25, 0.3) is 5.91 Å². The zero-order chi connectivity index (χ0) is 17.3. The zero-order valence-electron chi connectivity index (χ0n) is 14.9. The summed E-state index contributed by atoms with van der Waals surface area (Å²) in [6, 6.07) is 9.84. The van der Waals surface area contributed by atoms with Crippen molar-refractivity contribution in [2.75, 3.05) is 26.7 Å². The van der Waals surface area contributed by atoms with Crippen LogP contribution >= 0.6 is 0 Å². The van der Waals surface area contributed by atoms with Gasteiger partial charge in [0, 0.05) is 26.2 Å². The van der Waals surface area contributed by atoms with Crippen LogP contribution in [0.4, 0.5) is 4.79 Å². The molecule has 0 atom stereocenters. The Morgan fingerprint density at radius 2 is 1.71 bits per heavy atom. The molecule has 2 fully saturated rings. The maximum absolute atomic E-state index is 13.2. The number of piperidine rings is 1. The third kappa shape index (κ3) is 2.93. The minimum atomic E-state index is -0.658. The average Bonchev–Trinajstić information content (AvgIpc) is 2.74. The Morgan fingerprint density at radius 3 is 2.29 bits per heavy atom. The number of likely N-dealkylation sites (tertiary alicyclic amines) is 1. The van der Waals surface area contributed by atoms with Crippen molar-refractivity contribution in [3.63, 3.8) is 0 Å². The van der Waals surface area contributed by atoms with Crippen LogP contribution in [0.1, 0.15) is 32.3 Å². The van der Waals surface area contributed by atoms with Crippen LogP contribution in [-0.2, 0) is 11.3 Å². The highest BCUT2D eigenvalue weighted by Gasteiger charge is 2.57. The van der Waals surface area contributed by atoms with Crippen LogP contribution in [0.15, 0.2) is 30.3 Å². The summed E-state index contributed by atoms with van der Waals surface area (Å²) in [5, 5.41) is 0. The molecule has 1 aromatic rings. The van der Waals surface area contributed by atoms with Gasteiger partial charge in [-0.1, -0.05) is 44.2 Å². The summed E-state index contributed by atoms with van der Waals surface area (Å²) in [4.78, 5) is 31.8. The average molecular weight is 329 g/mol. The fraction of sp³-hybridized carbons (Fsp3) is 0.579. The number of hydrogen-bond donors (Lipinski definition) is 0. The first-order valence-corrected chi connectivity index (χ1v) is 8.80. The van der Waals surface area contributed by atoms with Crippen LogP contribution < -0.4 is 0 Å². The van der Waals surface area contributed by atoms with Crippen molar-refractivity contribution in [3.8, 4) is 0 Å². The molecule has 0 N–H and O–H groups in total. The quantitative estimate of drug-likeness (QED) is 0.798. The second kappa shape index (κ2) is 6.55. The highest BCUT2D eigenvalue weighted by molar-refractivity contribution is 6.07. The molecular weight excluding hydrogens is 302 g/mol. The maximum Gasteiger partial charge on any atom is 0.327 e. The molecule has 2 saturated heterocycles. The second-order valence-corrected chi connectivity index (χ2v) is 7.50. The molecule has 24 heavy (non-hydrogen) atoms. The molecule has 0 saturated carbocycles. The number of amides is 3. The van der Waals surface area contributed by atoms with E-state index in [9.17, 15) is 9.59 Å². The Bertz CT molecular complexity index is 606.